The van der Waals surface area contributed by atoms with E-state index in [2.05, 4.69) is 36.4 Å². The monoisotopic (exact) mass is 333 g/mol. The van der Waals surface area contributed by atoms with Crippen LogP contribution in [0.5, 0.6) is 0 Å². The van der Waals surface area contributed by atoms with E-state index in [9.17, 15) is 4.79 Å². The fourth-order valence-corrected chi connectivity index (χ4v) is 6.58. The summed E-state index contributed by atoms with van der Waals surface area (Å²) in [4.78, 5) is 10.6. The predicted molar refractivity (Wildman–Crippen MR) is 101 cm³/mol. The van der Waals surface area contributed by atoms with Crippen LogP contribution < -0.4 is 15.9 Å². The Hall–Kier alpha value is -2.66. The summed E-state index contributed by atoms with van der Waals surface area (Å²) in [6.45, 7) is 0. The van der Waals surface area contributed by atoms with Gasteiger partial charge in [-0.15, -0.1) is 0 Å². The summed E-state index contributed by atoms with van der Waals surface area (Å²) in [6.07, 6.45) is 1.55. The van der Waals surface area contributed by atoms with E-state index in [0.29, 0.717) is 6.35 Å². The quantitative estimate of drug-likeness (QED) is 0.393. The molecule has 3 aromatic carbocycles. The van der Waals surface area contributed by atoms with Crippen molar-refractivity contribution in [3.8, 4) is 0 Å². The van der Waals surface area contributed by atoms with Gasteiger partial charge in [-0.1, -0.05) is 54.6 Å². The third kappa shape index (κ3) is 3.16. The zero-order chi connectivity index (χ0) is 16.7. The zero-order valence-corrected chi connectivity index (χ0v) is 14.1. The van der Waals surface area contributed by atoms with Crippen molar-refractivity contribution in [2.24, 2.45) is 0 Å². The van der Waals surface area contributed by atoms with Crippen LogP contribution in [-0.4, -0.2) is 12.3 Å². The molecule has 0 fully saturated rings. The Labute approximate surface area is 142 Å². The summed E-state index contributed by atoms with van der Waals surface area (Å²) in [7, 11) is -2.02. The molecule has 0 aromatic heterocycles. The van der Waals surface area contributed by atoms with Crippen molar-refractivity contribution in [3.63, 3.8) is 0 Å². The van der Waals surface area contributed by atoms with Gasteiger partial charge in [0.05, 0.1) is 0 Å². The lowest BCUT2D eigenvalue weighted by Gasteiger charge is -2.26. The average Bonchev–Trinajstić information content (AvgIpc) is 2.68. The molecule has 0 radical (unpaired) electrons. The van der Waals surface area contributed by atoms with Gasteiger partial charge in [0.2, 0.25) is 6.35 Å². The number of hydrogen-bond acceptors (Lipinski definition) is 2. The standard InChI is InChI=1S/C21H18O2P/c22-16-17-23-18-24(19-10-4-1-5-11-19,20-12-6-2-7-13-20)21-14-8-3-9-15-21/h1-15,17H,18H2/q+1. The van der Waals surface area contributed by atoms with Crippen LogP contribution in [0.2, 0.25) is 0 Å². The normalized spacial score (nSPS) is 10.7. The smallest absolute Gasteiger partial charge is 0.210 e. The SMILES string of the molecule is O=C=COC[P+](c1ccccc1)(c1ccccc1)c1ccccc1. The Morgan fingerprint density at radius 3 is 1.42 bits per heavy atom. The van der Waals surface area contributed by atoms with E-state index in [1.54, 1.807) is 5.94 Å². The Morgan fingerprint density at radius 2 is 1.08 bits per heavy atom. The first kappa shape index (κ1) is 16.2. The molecule has 3 heteroatoms. The molecule has 118 valence electrons. The predicted octanol–water partition coefficient (Wildman–Crippen LogP) is 3.30. The highest BCUT2D eigenvalue weighted by molar-refractivity contribution is 7.95. The van der Waals surface area contributed by atoms with Crippen LogP contribution in [0.25, 0.3) is 0 Å². The lowest BCUT2D eigenvalue weighted by molar-refractivity contribution is 0.315. The highest BCUT2D eigenvalue weighted by Crippen LogP contribution is 2.55. The Bertz CT molecular complexity index is 714. The molecule has 0 amide bonds. The third-order valence-corrected chi connectivity index (χ3v) is 8.07. The molecular weight excluding hydrogens is 315 g/mol. The summed E-state index contributed by atoms with van der Waals surface area (Å²) >= 11 is 0. The number of benzene rings is 3. The molecule has 0 atom stereocenters. The maximum absolute atomic E-state index is 10.6. The molecule has 0 spiro atoms. The minimum Gasteiger partial charge on any atom is -0.454 e. The van der Waals surface area contributed by atoms with E-state index < -0.39 is 7.26 Å². The number of carbonyl (C=O) groups excluding carboxylic acids is 1. The second kappa shape index (κ2) is 7.75. The van der Waals surface area contributed by atoms with E-state index in [1.807, 2.05) is 54.6 Å². The molecule has 0 bridgehead atoms. The van der Waals surface area contributed by atoms with Gasteiger partial charge in [0.15, 0.2) is 19.5 Å². The van der Waals surface area contributed by atoms with Gasteiger partial charge >= 0.3 is 0 Å². The molecule has 0 saturated heterocycles. The van der Waals surface area contributed by atoms with Gasteiger partial charge in [-0.05, 0) is 36.4 Å². The molecule has 0 aliphatic rings. The van der Waals surface area contributed by atoms with E-state index in [4.69, 9.17) is 4.74 Å². The van der Waals surface area contributed by atoms with Crippen molar-refractivity contribution in [2.45, 2.75) is 0 Å². The number of rotatable bonds is 6. The lowest BCUT2D eigenvalue weighted by atomic mass is 10.4. The Kier molecular flexibility index (Phi) is 5.23. The van der Waals surface area contributed by atoms with Crippen LogP contribution >= 0.6 is 7.26 Å². The number of hydrogen-bond donors (Lipinski definition) is 0. The van der Waals surface area contributed by atoms with Crippen molar-refractivity contribution >= 4 is 29.1 Å². The average molecular weight is 333 g/mol. The van der Waals surface area contributed by atoms with E-state index in [1.165, 1.54) is 15.9 Å². The van der Waals surface area contributed by atoms with E-state index in [0.717, 1.165) is 6.26 Å². The van der Waals surface area contributed by atoms with E-state index in [-0.39, 0.29) is 0 Å². The topological polar surface area (TPSA) is 26.3 Å². The van der Waals surface area contributed by atoms with Gasteiger partial charge in [-0.2, -0.15) is 0 Å². The molecule has 0 aliphatic heterocycles. The summed E-state index contributed by atoms with van der Waals surface area (Å²) in [5, 5.41) is 3.67. The Balaban J connectivity index is 2.25. The summed E-state index contributed by atoms with van der Waals surface area (Å²) in [5.41, 5.74) is 0. The fraction of sp³-hybridized carbons (Fsp3) is 0.0476. The van der Waals surface area contributed by atoms with Crippen LogP contribution in [-0.2, 0) is 9.53 Å². The van der Waals surface area contributed by atoms with Gasteiger partial charge in [-0.3, -0.25) is 0 Å². The molecular formula is C21H18O2P+. The summed E-state index contributed by atoms with van der Waals surface area (Å²) in [6, 6.07) is 31.2. The lowest BCUT2D eigenvalue weighted by Crippen LogP contribution is -2.33. The first-order valence-electron chi connectivity index (χ1n) is 7.74. The minimum atomic E-state index is -2.02. The van der Waals surface area contributed by atoms with E-state index >= 15 is 0 Å². The summed E-state index contributed by atoms with van der Waals surface area (Å²) in [5.74, 6) is 1.72. The molecule has 3 rings (SSSR count). The van der Waals surface area contributed by atoms with Crippen molar-refractivity contribution < 1.29 is 9.53 Å². The highest BCUT2D eigenvalue weighted by Gasteiger charge is 2.46. The van der Waals surface area contributed by atoms with Gasteiger partial charge in [0.1, 0.15) is 15.9 Å². The molecule has 3 aromatic rings. The van der Waals surface area contributed by atoms with Crippen LogP contribution in [0.3, 0.4) is 0 Å². The van der Waals surface area contributed by atoms with Crippen molar-refractivity contribution in [2.75, 3.05) is 6.35 Å². The van der Waals surface area contributed by atoms with Crippen molar-refractivity contribution in [3.05, 3.63) is 97.3 Å². The molecule has 0 heterocycles. The summed E-state index contributed by atoms with van der Waals surface area (Å²) < 4.78 is 5.61. The molecule has 0 saturated carbocycles. The zero-order valence-electron chi connectivity index (χ0n) is 13.2. The fourth-order valence-electron chi connectivity index (χ4n) is 2.90. The van der Waals surface area contributed by atoms with Crippen LogP contribution in [0.15, 0.2) is 97.3 Å². The number of ether oxygens (including phenoxy) is 1. The maximum Gasteiger partial charge on any atom is 0.210 e. The van der Waals surface area contributed by atoms with Gasteiger partial charge in [0.25, 0.3) is 0 Å². The van der Waals surface area contributed by atoms with Gasteiger partial charge in [0, 0.05) is 0 Å². The molecule has 2 nitrogen and oxygen atoms in total. The Morgan fingerprint density at radius 1 is 0.708 bits per heavy atom. The maximum atomic E-state index is 10.6. The second-order valence-electron chi connectivity index (χ2n) is 5.35. The second-order valence-corrected chi connectivity index (χ2v) is 8.77. The highest BCUT2D eigenvalue weighted by atomic mass is 31.2. The molecule has 0 unspecified atom stereocenters. The first-order valence-corrected chi connectivity index (χ1v) is 9.71. The van der Waals surface area contributed by atoms with Crippen LogP contribution in [0, 0.1) is 0 Å². The van der Waals surface area contributed by atoms with Crippen molar-refractivity contribution in [1.29, 1.82) is 0 Å². The molecule has 0 N–H and O–H groups in total. The first-order chi connectivity index (χ1) is 11.9. The largest absolute Gasteiger partial charge is 0.454 e. The van der Waals surface area contributed by atoms with Crippen LogP contribution in [0.4, 0.5) is 0 Å². The third-order valence-electron chi connectivity index (χ3n) is 3.99. The minimum absolute atomic E-state index is 0.431. The molecule has 0 aliphatic carbocycles. The van der Waals surface area contributed by atoms with Gasteiger partial charge < -0.3 is 4.74 Å². The van der Waals surface area contributed by atoms with Crippen molar-refractivity contribution in [1.82, 2.24) is 0 Å². The van der Waals surface area contributed by atoms with Crippen LogP contribution in [0.1, 0.15) is 0 Å². The molecule has 24 heavy (non-hydrogen) atoms. The van der Waals surface area contributed by atoms with Gasteiger partial charge in [-0.25, -0.2) is 4.79 Å².